The molecule has 1 aliphatic heterocycles. The SMILES string of the molecule is CC1CCN(C(=O)C2(O)Cc3ccccc3C2)CCS1(=O)=O. The van der Waals surface area contributed by atoms with Gasteiger partial charge in [-0.1, -0.05) is 24.3 Å². The number of carbonyl (C=O) groups excluding carboxylic acids is 1. The fraction of sp³-hybridized carbons (Fsp3) is 0.562. The van der Waals surface area contributed by atoms with Crippen molar-refractivity contribution in [3.63, 3.8) is 0 Å². The molecule has 22 heavy (non-hydrogen) atoms. The fourth-order valence-corrected chi connectivity index (χ4v) is 4.65. The molecule has 0 aromatic heterocycles. The van der Waals surface area contributed by atoms with E-state index in [-0.39, 0.29) is 18.2 Å². The molecule has 1 fully saturated rings. The largest absolute Gasteiger partial charge is 0.379 e. The van der Waals surface area contributed by atoms with Gasteiger partial charge in [-0.15, -0.1) is 0 Å². The van der Waals surface area contributed by atoms with Gasteiger partial charge in [0.25, 0.3) is 5.91 Å². The first-order chi connectivity index (χ1) is 10.3. The predicted molar refractivity (Wildman–Crippen MR) is 83.2 cm³/mol. The Morgan fingerprint density at radius 2 is 1.82 bits per heavy atom. The van der Waals surface area contributed by atoms with Gasteiger partial charge in [-0.05, 0) is 24.5 Å². The molecule has 0 radical (unpaired) electrons. The maximum absolute atomic E-state index is 12.7. The second-order valence-corrected chi connectivity index (χ2v) is 8.95. The fourth-order valence-electron chi connectivity index (χ4n) is 3.31. The number of amides is 1. The van der Waals surface area contributed by atoms with Gasteiger partial charge >= 0.3 is 0 Å². The summed E-state index contributed by atoms with van der Waals surface area (Å²) in [5.41, 5.74) is 0.560. The summed E-state index contributed by atoms with van der Waals surface area (Å²) >= 11 is 0. The molecule has 1 aromatic rings. The smallest absolute Gasteiger partial charge is 0.255 e. The molecular weight excluding hydrogens is 302 g/mol. The molecule has 1 heterocycles. The predicted octanol–water partition coefficient (Wildman–Crippen LogP) is 0.552. The lowest BCUT2D eigenvalue weighted by Crippen LogP contribution is -2.50. The number of rotatable bonds is 1. The lowest BCUT2D eigenvalue weighted by Gasteiger charge is -2.29. The zero-order valence-electron chi connectivity index (χ0n) is 12.7. The summed E-state index contributed by atoms with van der Waals surface area (Å²) in [4.78, 5) is 14.3. The van der Waals surface area contributed by atoms with Crippen LogP contribution >= 0.6 is 0 Å². The lowest BCUT2D eigenvalue weighted by molar-refractivity contribution is -0.150. The minimum atomic E-state index is -3.14. The Balaban J connectivity index is 1.78. The third-order valence-electron chi connectivity index (χ3n) is 4.83. The van der Waals surface area contributed by atoms with Crippen LogP contribution in [0.2, 0.25) is 0 Å². The van der Waals surface area contributed by atoms with Crippen LogP contribution in [0.3, 0.4) is 0 Å². The van der Waals surface area contributed by atoms with Crippen molar-refractivity contribution in [1.29, 1.82) is 0 Å². The van der Waals surface area contributed by atoms with Crippen molar-refractivity contribution in [2.45, 2.75) is 37.0 Å². The number of nitrogens with zero attached hydrogens (tertiary/aromatic N) is 1. The van der Waals surface area contributed by atoms with Gasteiger partial charge in [-0.2, -0.15) is 0 Å². The van der Waals surface area contributed by atoms with Gasteiger partial charge < -0.3 is 10.0 Å². The van der Waals surface area contributed by atoms with Crippen molar-refractivity contribution in [1.82, 2.24) is 4.90 Å². The quantitative estimate of drug-likeness (QED) is 0.819. The van der Waals surface area contributed by atoms with Gasteiger partial charge in [0, 0.05) is 25.9 Å². The van der Waals surface area contributed by atoms with E-state index in [9.17, 15) is 18.3 Å². The van der Waals surface area contributed by atoms with Crippen LogP contribution in [-0.4, -0.2) is 54.0 Å². The molecule has 1 atom stereocenters. The maximum Gasteiger partial charge on any atom is 0.255 e. The van der Waals surface area contributed by atoms with Crippen molar-refractivity contribution in [3.05, 3.63) is 35.4 Å². The minimum absolute atomic E-state index is 0.0249. The molecule has 6 heteroatoms. The summed E-state index contributed by atoms with van der Waals surface area (Å²) in [6.07, 6.45) is 1.04. The highest BCUT2D eigenvalue weighted by molar-refractivity contribution is 7.92. The molecule has 2 aliphatic rings. The standard InChI is InChI=1S/C16H21NO4S/c1-12-6-7-17(8-9-22(12,20)21)15(18)16(19)10-13-4-2-3-5-14(13)11-16/h2-5,12,19H,6-11H2,1H3. The molecule has 3 rings (SSSR count). The van der Waals surface area contributed by atoms with Crippen LogP contribution in [0.15, 0.2) is 24.3 Å². The Hall–Kier alpha value is -1.40. The Morgan fingerprint density at radius 1 is 1.23 bits per heavy atom. The van der Waals surface area contributed by atoms with E-state index in [4.69, 9.17) is 0 Å². The van der Waals surface area contributed by atoms with Gasteiger partial charge in [0.1, 0.15) is 0 Å². The van der Waals surface area contributed by atoms with Crippen LogP contribution in [0.1, 0.15) is 24.5 Å². The maximum atomic E-state index is 12.7. The first-order valence-corrected chi connectivity index (χ1v) is 9.33. The van der Waals surface area contributed by atoms with Crippen molar-refractivity contribution in [3.8, 4) is 0 Å². The second kappa shape index (κ2) is 5.35. The van der Waals surface area contributed by atoms with Crippen LogP contribution in [0, 0.1) is 0 Å². The van der Waals surface area contributed by atoms with Crippen molar-refractivity contribution < 1.29 is 18.3 Å². The lowest BCUT2D eigenvalue weighted by atomic mass is 9.98. The first-order valence-electron chi connectivity index (χ1n) is 7.62. The number of benzene rings is 1. The van der Waals surface area contributed by atoms with Crippen LogP contribution in [-0.2, 0) is 27.5 Å². The molecule has 1 aromatic carbocycles. The monoisotopic (exact) mass is 323 g/mol. The number of carbonyl (C=O) groups is 1. The van der Waals surface area contributed by atoms with Gasteiger partial charge in [0.05, 0.1) is 11.0 Å². The molecule has 1 unspecified atom stereocenters. The zero-order chi connectivity index (χ0) is 16.0. The Bertz CT molecular complexity index is 673. The van der Waals surface area contributed by atoms with E-state index in [0.29, 0.717) is 25.8 Å². The van der Waals surface area contributed by atoms with E-state index < -0.39 is 20.7 Å². The van der Waals surface area contributed by atoms with E-state index in [1.807, 2.05) is 24.3 Å². The van der Waals surface area contributed by atoms with E-state index in [1.54, 1.807) is 6.92 Å². The summed E-state index contributed by atoms with van der Waals surface area (Å²) in [5, 5.41) is 10.4. The molecular formula is C16H21NO4S. The molecule has 1 N–H and O–H groups in total. The summed E-state index contributed by atoms with van der Waals surface area (Å²) in [6.45, 7) is 2.24. The molecule has 1 amide bonds. The van der Waals surface area contributed by atoms with E-state index in [2.05, 4.69) is 0 Å². The number of fused-ring (bicyclic) bond motifs is 1. The van der Waals surface area contributed by atoms with Crippen LogP contribution in [0.4, 0.5) is 0 Å². The van der Waals surface area contributed by atoms with E-state index in [0.717, 1.165) is 11.1 Å². The summed E-state index contributed by atoms with van der Waals surface area (Å²) in [6, 6.07) is 7.65. The number of sulfone groups is 1. The Morgan fingerprint density at radius 3 is 2.41 bits per heavy atom. The van der Waals surface area contributed by atoms with Gasteiger partial charge in [-0.25, -0.2) is 8.42 Å². The highest BCUT2D eigenvalue weighted by Gasteiger charge is 2.45. The summed E-state index contributed by atoms with van der Waals surface area (Å²) in [5.74, 6) is -0.365. The van der Waals surface area contributed by atoms with Crippen molar-refractivity contribution in [2.24, 2.45) is 0 Å². The highest BCUT2D eigenvalue weighted by atomic mass is 32.2. The molecule has 0 bridgehead atoms. The molecule has 0 saturated carbocycles. The normalized spacial score (nSPS) is 26.3. The van der Waals surface area contributed by atoms with E-state index >= 15 is 0 Å². The topological polar surface area (TPSA) is 74.7 Å². The minimum Gasteiger partial charge on any atom is -0.379 e. The molecule has 120 valence electrons. The van der Waals surface area contributed by atoms with Crippen LogP contribution < -0.4 is 0 Å². The van der Waals surface area contributed by atoms with Crippen molar-refractivity contribution >= 4 is 15.7 Å². The number of aliphatic hydroxyl groups is 1. The van der Waals surface area contributed by atoms with E-state index in [1.165, 1.54) is 4.90 Å². The zero-order valence-corrected chi connectivity index (χ0v) is 13.5. The summed E-state index contributed by atoms with van der Waals surface area (Å²) < 4.78 is 23.9. The molecule has 5 nitrogen and oxygen atoms in total. The Kier molecular flexibility index (Phi) is 3.77. The second-order valence-electron chi connectivity index (χ2n) is 6.41. The molecule has 0 spiro atoms. The number of hydrogen-bond donors (Lipinski definition) is 1. The molecule has 1 saturated heterocycles. The third-order valence-corrected chi connectivity index (χ3v) is 7.05. The summed E-state index contributed by atoms with van der Waals surface area (Å²) in [7, 11) is -3.14. The van der Waals surface area contributed by atoms with Gasteiger partial charge in [0.2, 0.25) is 0 Å². The van der Waals surface area contributed by atoms with Gasteiger partial charge in [0.15, 0.2) is 15.4 Å². The van der Waals surface area contributed by atoms with Crippen LogP contribution in [0.25, 0.3) is 0 Å². The highest BCUT2D eigenvalue weighted by Crippen LogP contribution is 2.32. The molecule has 1 aliphatic carbocycles. The van der Waals surface area contributed by atoms with Crippen molar-refractivity contribution in [2.75, 3.05) is 18.8 Å². The first kappa shape index (κ1) is 15.5. The van der Waals surface area contributed by atoms with Gasteiger partial charge in [-0.3, -0.25) is 4.79 Å². The average molecular weight is 323 g/mol. The average Bonchev–Trinajstić information content (AvgIpc) is 2.76. The third kappa shape index (κ3) is 2.65. The van der Waals surface area contributed by atoms with Crippen LogP contribution in [0.5, 0.6) is 0 Å². The number of hydrogen-bond acceptors (Lipinski definition) is 4. The Labute approximate surface area is 130 Å².